The third-order valence-electron chi connectivity index (χ3n) is 2.75. The lowest BCUT2D eigenvalue weighted by Gasteiger charge is -2.06. The van der Waals surface area contributed by atoms with Crippen molar-refractivity contribution < 1.29 is 0 Å². The first-order chi connectivity index (χ1) is 9.22. The van der Waals surface area contributed by atoms with Crippen molar-refractivity contribution in [3.05, 3.63) is 52.5 Å². The van der Waals surface area contributed by atoms with E-state index in [-0.39, 0.29) is 0 Å². The van der Waals surface area contributed by atoms with Crippen LogP contribution >= 0.6 is 15.9 Å². The van der Waals surface area contributed by atoms with Gasteiger partial charge in [0.2, 0.25) is 5.95 Å². The molecule has 0 atom stereocenters. The molecular formula is C14H11BrN4. The van der Waals surface area contributed by atoms with Crippen molar-refractivity contribution >= 4 is 38.6 Å². The molecule has 19 heavy (non-hydrogen) atoms. The molecule has 3 rings (SSSR count). The first-order valence-electron chi connectivity index (χ1n) is 5.85. The van der Waals surface area contributed by atoms with Gasteiger partial charge in [0.05, 0.1) is 5.52 Å². The van der Waals surface area contributed by atoms with Crippen LogP contribution in [0.5, 0.6) is 0 Å². The van der Waals surface area contributed by atoms with E-state index in [1.54, 1.807) is 0 Å². The minimum Gasteiger partial charge on any atom is -0.323 e. The lowest BCUT2D eigenvalue weighted by molar-refractivity contribution is 1.03. The highest BCUT2D eigenvalue weighted by Crippen LogP contribution is 2.22. The Labute approximate surface area is 119 Å². The fourth-order valence-electron chi connectivity index (χ4n) is 1.87. The average Bonchev–Trinajstić information content (AvgIpc) is 2.40. The Morgan fingerprint density at radius 1 is 1.05 bits per heavy atom. The van der Waals surface area contributed by atoms with E-state index in [0.29, 0.717) is 5.95 Å². The molecule has 0 aliphatic rings. The van der Waals surface area contributed by atoms with E-state index in [0.717, 1.165) is 26.8 Å². The molecule has 94 valence electrons. The molecule has 4 nitrogen and oxygen atoms in total. The smallest absolute Gasteiger partial charge is 0.247 e. The maximum absolute atomic E-state index is 4.51. The number of anilines is 2. The van der Waals surface area contributed by atoms with Crippen LogP contribution in [0.25, 0.3) is 11.0 Å². The van der Waals surface area contributed by atoms with Crippen molar-refractivity contribution in [2.45, 2.75) is 6.92 Å². The number of para-hydroxylation sites is 1. The number of hydrogen-bond donors (Lipinski definition) is 1. The fourth-order valence-corrected chi connectivity index (χ4v) is 2.43. The second-order valence-electron chi connectivity index (χ2n) is 4.22. The zero-order valence-electron chi connectivity index (χ0n) is 10.3. The van der Waals surface area contributed by atoms with Crippen LogP contribution in [0.1, 0.15) is 5.56 Å². The van der Waals surface area contributed by atoms with E-state index in [1.165, 1.54) is 0 Å². The topological polar surface area (TPSA) is 50.7 Å². The van der Waals surface area contributed by atoms with Crippen molar-refractivity contribution in [1.82, 2.24) is 15.2 Å². The molecule has 1 N–H and O–H groups in total. The third-order valence-corrected chi connectivity index (χ3v) is 3.20. The summed E-state index contributed by atoms with van der Waals surface area (Å²) in [5, 5.41) is 11.4. The van der Waals surface area contributed by atoms with Crippen LogP contribution < -0.4 is 5.32 Å². The summed E-state index contributed by atoms with van der Waals surface area (Å²) in [5.41, 5.74) is 3.65. The summed E-state index contributed by atoms with van der Waals surface area (Å²) in [4.78, 5) is 4.51. The van der Waals surface area contributed by atoms with Gasteiger partial charge in [-0.2, -0.15) is 0 Å². The van der Waals surface area contributed by atoms with Crippen LogP contribution in [0.15, 0.2) is 46.9 Å². The number of hydrogen-bond acceptors (Lipinski definition) is 4. The predicted octanol–water partition coefficient (Wildman–Crippen LogP) is 3.84. The molecule has 1 aromatic heterocycles. The molecule has 1 heterocycles. The van der Waals surface area contributed by atoms with E-state index in [9.17, 15) is 0 Å². The third kappa shape index (κ3) is 2.56. The number of rotatable bonds is 2. The normalized spacial score (nSPS) is 10.6. The zero-order chi connectivity index (χ0) is 13.2. The van der Waals surface area contributed by atoms with Crippen molar-refractivity contribution in [2.24, 2.45) is 0 Å². The minimum absolute atomic E-state index is 0.504. The first kappa shape index (κ1) is 12.0. The number of nitrogens with one attached hydrogen (secondary N) is 1. The summed E-state index contributed by atoms with van der Waals surface area (Å²) in [7, 11) is 0. The highest BCUT2D eigenvalue weighted by molar-refractivity contribution is 9.10. The maximum atomic E-state index is 4.51. The number of nitrogens with zero attached hydrogens (tertiary/aromatic N) is 3. The fraction of sp³-hybridized carbons (Fsp3) is 0.0714. The Morgan fingerprint density at radius 3 is 2.63 bits per heavy atom. The van der Waals surface area contributed by atoms with Gasteiger partial charge in [0.15, 0.2) is 0 Å². The van der Waals surface area contributed by atoms with Gasteiger partial charge in [-0.05, 0) is 36.8 Å². The Morgan fingerprint density at radius 2 is 1.84 bits per heavy atom. The summed E-state index contributed by atoms with van der Waals surface area (Å²) in [6.45, 7) is 2.01. The molecule has 0 saturated heterocycles. The predicted molar refractivity (Wildman–Crippen MR) is 79.5 cm³/mol. The maximum Gasteiger partial charge on any atom is 0.247 e. The van der Waals surface area contributed by atoms with Crippen LogP contribution in [0.3, 0.4) is 0 Å². The minimum atomic E-state index is 0.504. The van der Waals surface area contributed by atoms with Crippen molar-refractivity contribution in [2.75, 3.05) is 5.32 Å². The average molecular weight is 315 g/mol. The van der Waals surface area contributed by atoms with E-state index in [1.807, 2.05) is 49.4 Å². The molecule has 0 amide bonds. The molecule has 0 unspecified atom stereocenters. The van der Waals surface area contributed by atoms with E-state index >= 15 is 0 Å². The summed E-state index contributed by atoms with van der Waals surface area (Å²) < 4.78 is 0.984. The van der Waals surface area contributed by atoms with Gasteiger partial charge in [-0.1, -0.05) is 34.1 Å². The molecule has 2 aromatic carbocycles. The second-order valence-corrected chi connectivity index (χ2v) is 5.13. The Balaban J connectivity index is 2.02. The van der Waals surface area contributed by atoms with Gasteiger partial charge in [-0.3, -0.25) is 0 Å². The standard InChI is InChI=1S/C14H11BrN4/c1-9-7-10(15)8-12-13(9)17-14(19-18-12)16-11-5-3-2-4-6-11/h2-8H,1H3,(H,16,17,19). The highest BCUT2D eigenvalue weighted by Gasteiger charge is 2.05. The molecule has 3 aromatic rings. The van der Waals surface area contributed by atoms with Gasteiger partial charge < -0.3 is 5.32 Å². The van der Waals surface area contributed by atoms with Gasteiger partial charge in [0.25, 0.3) is 0 Å². The Hall–Kier alpha value is -2.01. The molecule has 0 bridgehead atoms. The van der Waals surface area contributed by atoms with Crippen LogP contribution in [-0.2, 0) is 0 Å². The van der Waals surface area contributed by atoms with Crippen LogP contribution in [0, 0.1) is 6.92 Å². The number of benzene rings is 2. The quantitative estimate of drug-likeness (QED) is 0.780. The van der Waals surface area contributed by atoms with Gasteiger partial charge in [-0.25, -0.2) is 4.98 Å². The number of halogens is 1. The molecule has 0 fully saturated rings. The summed E-state index contributed by atoms with van der Waals surface area (Å²) in [5.74, 6) is 0.504. The van der Waals surface area contributed by atoms with Crippen LogP contribution in [0.2, 0.25) is 0 Å². The number of fused-ring (bicyclic) bond motifs is 1. The zero-order valence-corrected chi connectivity index (χ0v) is 11.8. The van der Waals surface area contributed by atoms with E-state index < -0.39 is 0 Å². The van der Waals surface area contributed by atoms with Gasteiger partial charge in [0.1, 0.15) is 5.52 Å². The van der Waals surface area contributed by atoms with Gasteiger partial charge in [-0.15, -0.1) is 10.2 Å². The van der Waals surface area contributed by atoms with Crippen molar-refractivity contribution in [3.63, 3.8) is 0 Å². The lowest BCUT2D eigenvalue weighted by atomic mass is 10.2. The highest BCUT2D eigenvalue weighted by atomic mass is 79.9. The summed E-state index contributed by atoms with van der Waals surface area (Å²) >= 11 is 3.44. The monoisotopic (exact) mass is 314 g/mol. The molecule has 5 heteroatoms. The van der Waals surface area contributed by atoms with Crippen LogP contribution in [0.4, 0.5) is 11.6 Å². The van der Waals surface area contributed by atoms with E-state index in [4.69, 9.17) is 0 Å². The summed E-state index contributed by atoms with van der Waals surface area (Å²) in [6, 6.07) is 13.7. The molecular weight excluding hydrogens is 304 g/mol. The largest absolute Gasteiger partial charge is 0.323 e. The summed E-state index contributed by atoms with van der Waals surface area (Å²) in [6.07, 6.45) is 0. The molecule has 0 aliphatic heterocycles. The first-order valence-corrected chi connectivity index (χ1v) is 6.64. The molecule has 0 saturated carbocycles. The number of aromatic nitrogens is 3. The van der Waals surface area contributed by atoms with Gasteiger partial charge >= 0.3 is 0 Å². The molecule has 0 spiro atoms. The van der Waals surface area contributed by atoms with E-state index in [2.05, 4.69) is 36.4 Å². The molecule has 0 aliphatic carbocycles. The lowest BCUT2D eigenvalue weighted by Crippen LogP contribution is -2.00. The number of aryl methyl sites for hydroxylation is 1. The Bertz CT molecular complexity index is 728. The SMILES string of the molecule is Cc1cc(Br)cc2nnc(Nc3ccccc3)nc12. The van der Waals surface area contributed by atoms with Gasteiger partial charge in [0, 0.05) is 10.2 Å². The second kappa shape index (κ2) is 4.93. The molecule has 0 radical (unpaired) electrons. The Kier molecular flexibility index (Phi) is 3.13. The van der Waals surface area contributed by atoms with Crippen molar-refractivity contribution in [1.29, 1.82) is 0 Å². The van der Waals surface area contributed by atoms with Crippen molar-refractivity contribution in [3.8, 4) is 0 Å². The van der Waals surface area contributed by atoms with Crippen LogP contribution in [-0.4, -0.2) is 15.2 Å².